The second-order valence-electron chi connectivity index (χ2n) is 11.8. The molecule has 2 aliphatic carbocycles. The Balaban J connectivity index is 0.00000324. The Morgan fingerprint density at radius 3 is 2.19 bits per heavy atom. The first-order valence-electron chi connectivity index (χ1n) is 13.0. The predicted molar refractivity (Wildman–Crippen MR) is 154 cm³/mol. The normalized spacial score (nSPS) is 24.3. The molecule has 5 nitrogen and oxygen atoms in total. The molecule has 2 aliphatic rings. The highest BCUT2D eigenvalue weighted by Crippen LogP contribution is 2.41. The molecule has 206 valence electrons. The molecule has 7 heteroatoms. The van der Waals surface area contributed by atoms with Crippen LogP contribution in [-0.2, 0) is 14.3 Å². The van der Waals surface area contributed by atoms with Gasteiger partial charge in [0, 0.05) is 38.4 Å². The Morgan fingerprint density at radius 2 is 1.61 bits per heavy atom. The molecule has 2 fully saturated rings. The summed E-state index contributed by atoms with van der Waals surface area (Å²) in [7, 11) is 1.78. The van der Waals surface area contributed by atoms with E-state index in [1.54, 1.807) is 7.11 Å². The molecule has 3 rings (SSSR count). The maximum absolute atomic E-state index is 12.5. The van der Waals surface area contributed by atoms with Crippen LogP contribution in [0.3, 0.4) is 0 Å². The van der Waals surface area contributed by atoms with Crippen molar-refractivity contribution >= 4 is 36.9 Å². The smallest absolute Gasteiger partial charge is 0.313 e. The molecule has 0 amide bonds. The minimum atomic E-state index is -0.521. The number of ether oxygens (including phenoxy) is 2. The van der Waals surface area contributed by atoms with E-state index in [4.69, 9.17) is 9.47 Å². The lowest BCUT2D eigenvalue weighted by Crippen LogP contribution is -2.46. The van der Waals surface area contributed by atoms with Crippen molar-refractivity contribution in [2.24, 2.45) is 11.3 Å². The van der Waals surface area contributed by atoms with Gasteiger partial charge in [-0.15, -0.1) is 24.8 Å². The highest BCUT2D eigenvalue weighted by Gasteiger charge is 2.41. The summed E-state index contributed by atoms with van der Waals surface area (Å²) in [5.74, 6) is 0.497. The summed E-state index contributed by atoms with van der Waals surface area (Å²) in [5.41, 5.74) is 1.82. The maximum Gasteiger partial charge on any atom is 0.313 e. The van der Waals surface area contributed by atoms with Crippen molar-refractivity contribution in [3.63, 3.8) is 0 Å². The second-order valence-corrected chi connectivity index (χ2v) is 11.8. The zero-order valence-corrected chi connectivity index (χ0v) is 24.6. The first-order chi connectivity index (χ1) is 16.1. The van der Waals surface area contributed by atoms with Crippen molar-refractivity contribution in [3.05, 3.63) is 41.5 Å². The quantitative estimate of drug-likeness (QED) is 0.326. The molecule has 0 heterocycles. The van der Waals surface area contributed by atoms with Crippen LogP contribution in [0.15, 0.2) is 35.9 Å². The molecule has 1 aromatic rings. The van der Waals surface area contributed by atoms with Crippen molar-refractivity contribution < 1.29 is 14.3 Å². The van der Waals surface area contributed by atoms with E-state index in [0.717, 1.165) is 25.9 Å². The average molecular weight is 544 g/mol. The summed E-state index contributed by atoms with van der Waals surface area (Å²) in [6, 6.07) is 12.3. The summed E-state index contributed by atoms with van der Waals surface area (Å²) in [4.78, 5) is 12.5. The first-order valence-corrected chi connectivity index (χ1v) is 13.0. The number of benzene rings is 1. The van der Waals surface area contributed by atoms with E-state index < -0.39 is 11.0 Å². The van der Waals surface area contributed by atoms with Crippen LogP contribution in [0.25, 0.3) is 6.08 Å². The van der Waals surface area contributed by atoms with Gasteiger partial charge in [-0.1, -0.05) is 42.0 Å². The molecule has 1 aromatic carbocycles. The predicted octanol–water partition coefficient (Wildman–Crippen LogP) is 6.20. The molecular weight excluding hydrogens is 495 g/mol. The molecular formula is C29H48Cl2N2O3. The fraction of sp³-hybridized carbons (Fsp3) is 0.690. The van der Waals surface area contributed by atoms with Crippen LogP contribution in [0.5, 0.6) is 0 Å². The molecule has 2 N–H and O–H groups in total. The largest absolute Gasteiger partial charge is 0.460 e. The van der Waals surface area contributed by atoms with Gasteiger partial charge in [-0.05, 0) is 84.6 Å². The van der Waals surface area contributed by atoms with Crippen molar-refractivity contribution in [1.29, 1.82) is 0 Å². The number of carbonyl (C=O) groups excluding carboxylic acids is 1. The zero-order chi connectivity index (χ0) is 24.8. The van der Waals surface area contributed by atoms with Gasteiger partial charge in [0.1, 0.15) is 5.60 Å². The van der Waals surface area contributed by atoms with Crippen LogP contribution < -0.4 is 10.6 Å². The van der Waals surface area contributed by atoms with Gasteiger partial charge < -0.3 is 20.1 Å². The topological polar surface area (TPSA) is 59.6 Å². The third-order valence-electron chi connectivity index (χ3n) is 6.97. The highest BCUT2D eigenvalue weighted by molar-refractivity contribution is 5.85. The van der Waals surface area contributed by atoms with Crippen LogP contribution in [0.2, 0.25) is 0 Å². The van der Waals surface area contributed by atoms with Crippen LogP contribution in [-0.4, -0.2) is 50.0 Å². The van der Waals surface area contributed by atoms with Gasteiger partial charge in [0.2, 0.25) is 0 Å². The van der Waals surface area contributed by atoms with E-state index in [1.165, 1.54) is 30.4 Å². The summed E-state index contributed by atoms with van der Waals surface area (Å²) in [6.45, 7) is 11.1. The number of methoxy groups -OCH3 is 1. The molecule has 0 bridgehead atoms. The first kappa shape index (κ1) is 32.9. The molecule has 2 saturated carbocycles. The number of hydrogen-bond acceptors (Lipinski definition) is 5. The van der Waals surface area contributed by atoms with Gasteiger partial charge in [0.15, 0.2) is 0 Å². The van der Waals surface area contributed by atoms with Crippen molar-refractivity contribution in [2.45, 2.75) is 96.9 Å². The van der Waals surface area contributed by atoms with Crippen LogP contribution in [0.1, 0.15) is 78.7 Å². The number of hydrogen-bond donors (Lipinski definition) is 2. The molecule has 36 heavy (non-hydrogen) atoms. The maximum atomic E-state index is 12.5. The lowest BCUT2D eigenvalue weighted by molar-refractivity contribution is -0.165. The molecule has 0 aromatic heterocycles. The van der Waals surface area contributed by atoms with Gasteiger partial charge >= 0.3 is 5.97 Å². The van der Waals surface area contributed by atoms with Gasteiger partial charge in [0.05, 0.1) is 5.41 Å². The number of esters is 1. The van der Waals surface area contributed by atoms with Crippen molar-refractivity contribution in [1.82, 2.24) is 10.6 Å². The molecule has 0 aliphatic heterocycles. The van der Waals surface area contributed by atoms with E-state index in [9.17, 15) is 4.79 Å². The summed E-state index contributed by atoms with van der Waals surface area (Å²) >= 11 is 0. The molecule has 0 spiro atoms. The summed E-state index contributed by atoms with van der Waals surface area (Å²) < 4.78 is 11.0. The number of rotatable bonds is 11. The fourth-order valence-electron chi connectivity index (χ4n) is 4.79. The lowest BCUT2D eigenvalue weighted by atomic mass is 9.88. The van der Waals surface area contributed by atoms with Crippen LogP contribution in [0.4, 0.5) is 0 Å². The van der Waals surface area contributed by atoms with E-state index in [0.29, 0.717) is 30.6 Å². The zero-order valence-electron chi connectivity index (χ0n) is 23.0. The van der Waals surface area contributed by atoms with E-state index in [2.05, 4.69) is 47.0 Å². The Hall–Kier alpha value is -1.11. The Bertz CT molecular complexity index is 816. The third-order valence-corrected chi connectivity index (χ3v) is 6.97. The van der Waals surface area contributed by atoms with Gasteiger partial charge in [-0.2, -0.15) is 0 Å². The minimum absolute atomic E-state index is 0. The lowest BCUT2D eigenvalue weighted by Gasteiger charge is -2.33. The van der Waals surface area contributed by atoms with Crippen LogP contribution >= 0.6 is 24.8 Å². The molecule has 0 saturated heterocycles. The summed E-state index contributed by atoms with van der Waals surface area (Å²) in [6.07, 6.45) is 9.25. The molecule has 0 unspecified atom stereocenters. The Labute approximate surface area is 231 Å². The van der Waals surface area contributed by atoms with E-state index in [1.807, 2.05) is 34.6 Å². The highest BCUT2D eigenvalue weighted by atomic mass is 35.5. The van der Waals surface area contributed by atoms with Gasteiger partial charge in [0.25, 0.3) is 0 Å². The van der Waals surface area contributed by atoms with Gasteiger partial charge in [-0.25, -0.2) is 0 Å². The molecule has 0 radical (unpaired) electrons. The van der Waals surface area contributed by atoms with E-state index in [-0.39, 0.29) is 30.8 Å². The Kier molecular flexibility index (Phi) is 13.5. The van der Waals surface area contributed by atoms with Gasteiger partial charge in [-0.3, -0.25) is 4.79 Å². The van der Waals surface area contributed by atoms with Crippen molar-refractivity contribution in [3.8, 4) is 0 Å². The average Bonchev–Trinajstić information content (AvgIpc) is 3.54. The number of nitrogens with one attached hydrogen (secondary N) is 2. The molecule has 2 atom stereocenters. The number of carbonyl (C=O) groups is 1. The SMILES string of the molecule is COCCC(=Cc1ccccc1)[C@@H]1C[C@H]1NC1CCC(NCC(C)(C)C(=O)OC(C)(C)C)CC1.Cl.Cl. The second kappa shape index (κ2) is 14.7. The number of halogens is 2. The summed E-state index contributed by atoms with van der Waals surface area (Å²) in [5, 5.41) is 7.58. The standard InChI is InChI=1S/C29H46N2O3.2ClH/c1-28(2,3)34-27(32)29(4,5)20-30-23-12-14-24(15-13-23)31-26-19-25(26)22(16-17-33-6)18-21-10-8-7-9-11-21;;/h7-11,18,23-26,30-31H,12-17,19-20H2,1-6H3;2*1H/t23?,24?,25-,26+;;/m0../s1. The van der Waals surface area contributed by atoms with Crippen molar-refractivity contribution in [2.75, 3.05) is 20.3 Å². The minimum Gasteiger partial charge on any atom is -0.460 e. The third kappa shape index (κ3) is 10.7. The van der Waals surface area contributed by atoms with Crippen LogP contribution in [0, 0.1) is 11.3 Å². The monoisotopic (exact) mass is 542 g/mol. The fourth-order valence-corrected chi connectivity index (χ4v) is 4.79. The van der Waals surface area contributed by atoms with E-state index >= 15 is 0 Å². The Morgan fingerprint density at radius 1 is 1.00 bits per heavy atom.